The van der Waals surface area contributed by atoms with E-state index in [1.807, 2.05) is 12.4 Å². The van der Waals surface area contributed by atoms with Crippen molar-refractivity contribution in [1.29, 1.82) is 0 Å². The Balaban J connectivity index is 1.36. The summed E-state index contributed by atoms with van der Waals surface area (Å²) in [6.07, 6.45) is 11.9. The van der Waals surface area contributed by atoms with Crippen molar-refractivity contribution in [3.63, 3.8) is 0 Å². The number of aromatic nitrogens is 4. The molecule has 0 amide bonds. The lowest BCUT2D eigenvalue weighted by molar-refractivity contribution is 0.541. The van der Waals surface area contributed by atoms with E-state index >= 15 is 0 Å². The Morgan fingerprint density at radius 1 is 1.06 bits per heavy atom. The number of benzene rings is 1. The minimum atomic E-state index is -0.577. The van der Waals surface area contributed by atoms with E-state index in [4.69, 9.17) is 5.73 Å². The summed E-state index contributed by atoms with van der Waals surface area (Å²) in [6, 6.07) is 8.44. The van der Waals surface area contributed by atoms with Crippen LogP contribution < -0.4 is 5.73 Å². The summed E-state index contributed by atoms with van der Waals surface area (Å²) in [7, 11) is 0. The van der Waals surface area contributed by atoms with E-state index in [-0.39, 0.29) is 23.2 Å². The molecule has 0 bridgehead atoms. The van der Waals surface area contributed by atoms with E-state index in [1.165, 1.54) is 23.3 Å². The molecule has 3 aromatic heterocycles. The van der Waals surface area contributed by atoms with Gasteiger partial charge >= 0.3 is 0 Å². The third-order valence-corrected chi connectivity index (χ3v) is 7.18. The first kappa shape index (κ1) is 22.0. The molecule has 0 aliphatic heterocycles. The molecule has 6 rings (SSSR count). The highest BCUT2D eigenvalue weighted by Crippen LogP contribution is 2.42. The minimum absolute atomic E-state index is 0.0438. The van der Waals surface area contributed by atoms with E-state index in [9.17, 15) is 8.78 Å². The van der Waals surface area contributed by atoms with E-state index in [0.717, 1.165) is 42.3 Å². The molecule has 1 saturated carbocycles. The first-order chi connectivity index (χ1) is 17.0. The molecule has 1 aromatic carbocycles. The molecule has 2 aliphatic carbocycles. The molecule has 1 fully saturated rings. The van der Waals surface area contributed by atoms with Crippen molar-refractivity contribution in [2.45, 2.75) is 56.9 Å². The van der Waals surface area contributed by atoms with E-state index < -0.39 is 11.6 Å². The molecule has 0 spiro atoms. The molecular formula is C28H27F2N5. The zero-order chi connectivity index (χ0) is 24.1. The van der Waals surface area contributed by atoms with Crippen LogP contribution in [0.15, 0.2) is 60.6 Å². The monoisotopic (exact) mass is 471 g/mol. The summed E-state index contributed by atoms with van der Waals surface area (Å²) in [5.74, 6) is 0.129. The number of hydrogen-bond donors (Lipinski definition) is 1. The van der Waals surface area contributed by atoms with Gasteiger partial charge < -0.3 is 5.73 Å². The van der Waals surface area contributed by atoms with Gasteiger partial charge in [-0.1, -0.05) is 11.6 Å². The predicted octanol–water partition coefficient (Wildman–Crippen LogP) is 5.69. The molecular weight excluding hydrogens is 444 g/mol. The van der Waals surface area contributed by atoms with Crippen molar-refractivity contribution in [2.24, 2.45) is 5.73 Å². The van der Waals surface area contributed by atoms with E-state index in [1.54, 1.807) is 22.8 Å². The molecule has 4 aromatic rings. The first-order valence-electron chi connectivity index (χ1n) is 12.1. The molecule has 3 heterocycles. The Morgan fingerprint density at radius 3 is 2.60 bits per heavy atom. The van der Waals surface area contributed by atoms with Crippen LogP contribution in [0.25, 0.3) is 16.8 Å². The van der Waals surface area contributed by atoms with Crippen molar-refractivity contribution in [1.82, 2.24) is 19.6 Å². The van der Waals surface area contributed by atoms with Gasteiger partial charge in [-0.05, 0) is 91.5 Å². The average molecular weight is 472 g/mol. The Labute approximate surface area is 202 Å². The highest BCUT2D eigenvalue weighted by Gasteiger charge is 2.27. The van der Waals surface area contributed by atoms with Gasteiger partial charge in [-0.15, -0.1) is 0 Å². The van der Waals surface area contributed by atoms with Crippen molar-refractivity contribution < 1.29 is 8.78 Å². The summed E-state index contributed by atoms with van der Waals surface area (Å²) in [6.45, 7) is 2.12. The Morgan fingerprint density at radius 2 is 1.86 bits per heavy atom. The van der Waals surface area contributed by atoms with Crippen LogP contribution in [-0.2, 0) is 6.42 Å². The SMILES string of the molecule is CC1=C[C@H](N)C[C@H](c2ccncc2Cc2ncc3ccc(-c4c(F)cc(C5CC5)cc4F)nn23)C1. The number of imidazole rings is 1. The minimum Gasteiger partial charge on any atom is -0.324 e. The van der Waals surface area contributed by atoms with Crippen molar-refractivity contribution >= 4 is 5.52 Å². The Bertz CT molecular complexity index is 1430. The summed E-state index contributed by atoms with van der Waals surface area (Å²) >= 11 is 0. The molecule has 0 saturated heterocycles. The smallest absolute Gasteiger partial charge is 0.135 e. The molecule has 2 N–H and O–H groups in total. The highest BCUT2D eigenvalue weighted by molar-refractivity contribution is 5.63. The Kier molecular flexibility index (Phi) is 5.44. The van der Waals surface area contributed by atoms with Crippen LogP contribution >= 0.6 is 0 Å². The van der Waals surface area contributed by atoms with Gasteiger partial charge in [0.2, 0.25) is 0 Å². The average Bonchev–Trinajstić information content (AvgIpc) is 3.60. The fourth-order valence-corrected chi connectivity index (χ4v) is 5.37. The molecule has 5 nitrogen and oxygen atoms in total. The molecule has 2 aliphatic rings. The second kappa shape index (κ2) is 8.64. The van der Waals surface area contributed by atoms with Gasteiger partial charge in [0.25, 0.3) is 0 Å². The summed E-state index contributed by atoms with van der Waals surface area (Å²) in [5.41, 5.74) is 11.5. The van der Waals surface area contributed by atoms with Gasteiger partial charge in [-0.3, -0.25) is 4.98 Å². The van der Waals surface area contributed by atoms with Gasteiger partial charge in [0.15, 0.2) is 0 Å². The normalized spacial score (nSPS) is 20.3. The maximum atomic E-state index is 15.0. The zero-order valence-corrected chi connectivity index (χ0v) is 19.6. The lowest BCUT2D eigenvalue weighted by Crippen LogP contribution is -2.25. The molecule has 0 unspecified atom stereocenters. The van der Waals surface area contributed by atoms with Gasteiger partial charge in [-0.2, -0.15) is 5.10 Å². The third-order valence-electron chi connectivity index (χ3n) is 7.18. The van der Waals surface area contributed by atoms with E-state index in [0.29, 0.717) is 18.2 Å². The topological polar surface area (TPSA) is 69.1 Å². The fraction of sp³-hybridized carbons (Fsp3) is 0.321. The third kappa shape index (κ3) is 4.25. The van der Waals surface area contributed by atoms with Gasteiger partial charge in [0, 0.05) is 24.9 Å². The van der Waals surface area contributed by atoms with Crippen LogP contribution in [0.4, 0.5) is 8.78 Å². The maximum absolute atomic E-state index is 15.0. The number of nitrogens with zero attached hydrogens (tertiary/aromatic N) is 4. The zero-order valence-electron chi connectivity index (χ0n) is 19.6. The fourth-order valence-electron chi connectivity index (χ4n) is 5.37. The number of nitrogens with two attached hydrogens (primary N) is 1. The lowest BCUT2D eigenvalue weighted by atomic mass is 9.80. The highest BCUT2D eigenvalue weighted by atomic mass is 19.1. The second-order valence-electron chi connectivity index (χ2n) is 9.93. The summed E-state index contributed by atoms with van der Waals surface area (Å²) < 4.78 is 31.6. The van der Waals surface area contributed by atoms with Gasteiger partial charge in [0.1, 0.15) is 17.5 Å². The van der Waals surface area contributed by atoms with Crippen molar-refractivity contribution in [2.75, 3.05) is 0 Å². The summed E-state index contributed by atoms with van der Waals surface area (Å²) in [5, 5.41) is 4.60. The van der Waals surface area contributed by atoms with Crippen LogP contribution in [0.5, 0.6) is 0 Å². The largest absolute Gasteiger partial charge is 0.324 e. The number of halogens is 2. The van der Waals surface area contributed by atoms with Crippen LogP contribution in [0.2, 0.25) is 0 Å². The molecule has 7 heteroatoms. The molecule has 0 radical (unpaired) electrons. The first-order valence-corrected chi connectivity index (χ1v) is 12.1. The van der Waals surface area contributed by atoms with E-state index in [2.05, 4.69) is 34.1 Å². The number of hydrogen-bond acceptors (Lipinski definition) is 4. The number of allylic oxidation sites excluding steroid dienone is 1. The standard InChI is InChI=1S/C28H27F2N5/c1-16-8-19(10-21(31)9-16)23-6-7-32-14-20(23)13-27-33-15-22-4-5-26(34-35(22)27)28-24(29)11-18(12-25(28)30)17-2-3-17/h4-7,9,11-12,14-15,17,19,21H,2-3,8,10,13,31H2,1H3/t19-,21+/m1/s1. The maximum Gasteiger partial charge on any atom is 0.135 e. The van der Waals surface area contributed by atoms with Crippen LogP contribution in [0.3, 0.4) is 0 Å². The number of fused-ring (bicyclic) bond motifs is 1. The van der Waals surface area contributed by atoms with Crippen molar-refractivity contribution in [3.8, 4) is 11.3 Å². The second-order valence-corrected chi connectivity index (χ2v) is 9.93. The van der Waals surface area contributed by atoms with Crippen LogP contribution in [0, 0.1) is 11.6 Å². The summed E-state index contributed by atoms with van der Waals surface area (Å²) in [4.78, 5) is 8.93. The molecule has 2 atom stereocenters. The molecule has 178 valence electrons. The van der Waals surface area contributed by atoms with Crippen LogP contribution in [-0.4, -0.2) is 25.6 Å². The van der Waals surface area contributed by atoms with Crippen molar-refractivity contribution in [3.05, 3.63) is 94.7 Å². The van der Waals surface area contributed by atoms with Gasteiger partial charge in [0.05, 0.1) is 23.0 Å². The molecule has 35 heavy (non-hydrogen) atoms. The predicted molar refractivity (Wildman–Crippen MR) is 131 cm³/mol. The Hall–Kier alpha value is -3.45. The lowest BCUT2D eigenvalue weighted by Gasteiger charge is -2.27. The number of pyridine rings is 1. The van der Waals surface area contributed by atoms with Crippen LogP contribution in [0.1, 0.15) is 67.0 Å². The number of rotatable bonds is 5. The quantitative estimate of drug-likeness (QED) is 0.380. The van der Waals surface area contributed by atoms with Gasteiger partial charge in [-0.25, -0.2) is 18.3 Å².